The fourth-order valence-corrected chi connectivity index (χ4v) is 2.78. The molecule has 1 aromatic carbocycles. The van der Waals surface area contributed by atoms with E-state index < -0.39 is 10.0 Å². The van der Waals surface area contributed by atoms with Gasteiger partial charge in [0.2, 0.25) is 10.0 Å². The van der Waals surface area contributed by atoms with Crippen molar-refractivity contribution in [1.82, 2.24) is 4.72 Å². The molecule has 0 bridgehead atoms. The van der Waals surface area contributed by atoms with Crippen LogP contribution in [-0.2, 0) is 16.6 Å². The van der Waals surface area contributed by atoms with Gasteiger partial charge in [0.15, 0.2) is 0 Å². The van der Waals surface area contributed by atoms with E-state index in [1.54, 1.807) is 12.1 Å². The number of hydrogen-bond acceptors (Lipinski definition) is 3. The summed E-state index contributed by atoms with van der Waals surface area (Å²) in [6.45, 7) is 5.42. The van der Waals surface area contributed by atoms with Crippen LogP contribution in [0.5, 0.6) is 0 Å². The van der Waals surface area contributed by atoms with Crippen molar-refractivity contribution in [2.75, 3.05) is 0 Å². The van der Waals surface area contributed by atoms with Gasteiger partial charge in [0, 0.05) is 6.04 Å². The first kappa shape index (κ1) is 14.2. The Morgan fingerprint density at radius 3 is 2.59 bits per heavy atom. The van der Waals surface area contributed by atoms with Gasteiger partial charge in [-0.1, -0.05) is 13.0 Å². The van der Waals surface area contributed by atoms with Crippen molar-refractivity contribution in [3.05, 3.63) is 29.3 Å². The molecule has 1 atom stereocenters. The molecule has 0 aliphatic carbocycles. The number of aliphatic hydroxyl groups is 1. The molecule has 17 heavy (non-hydrogen) atoms. The highest BCUT2D eigenvalue weighted by molar-refractivity contribution is 7.89. The SMILES string of the molecule is CCC(C)NS(=O)(=O)c1ccc(C)c(CO)c1. The summed E-state index contributed by atoms with van der Waals surface area (Å²) in [5.41, 5.74) is 1.52. The molecule has 5 heteroatoms. The van der Waals surface area contributed by atoms with E-state index in [0.29, 0.717) is 5.56 Å². The summed E-state index contributed by atoms with van der Waals surface area (Å²) in [6.07, 6.45) is 0.734. The lowest BCUT2D eigenvalue weighted by Gasteiger charge is -2.13. The summed E-state index contributed by atoms with van der Waals surface area (Å²) < 4.78 is 26.6. The number of aliphatic hydroxyl groups excluding tert-OH is 1. The van der Waals surface area contributed by atoms with Crippen molar-refractivity contribution in [2.45, 2.75) is 44.7 Å². The van der Waals surface area contributed by atoms with Gasteiger partial charge in [-0.3, -0.25) is 0 Å². The van der Waals surface area contributed by atoms with E-state index in [4.69, 9.17) is 5.11 Å². The molecule has 0 aromatic heterocycles. The predicted octanol–water partition coefficient (Wildman–Crippen LogP) is 1.56. The Bertz CT molecular complexity index is 483. The van der Waals surface area contributed by atoms with Gasteiger partial charge in [-0.05, 0) is 43.5 Å². The quantitative estimate of drug-likeness (QED) is 0.841. The van der Waals surface area contributed by atoms with Gasteiger partial charge in [-0.2, -0.15) is 0 Å². The van der Waals surface area contributed by atoms with Crippen molar-refractivity contribution >= 4 is 10.0 Å². The summed E-state index contributed by atoms with van der Waals surface area (Å²) in [5.74, 6) is 0. The lowest BCUT2D eigenvalue weighted by atomic mass is 10.1. The largest absolute Gasteiger partial charge is 0.392 e. The molecule has 0 aliphatic heterocycles. The highest BCUT2D eigenvalue weighted by Gasteiger charge is 2.17. The number of benzene rings is 1. The topological polar surface area (TPSA) is 66.4 Å². The molecule has 4 nitrogen and oxygen atoms in total. The summed E-state index contributed by atoms with van der Waals surface area (Å²) in [7, 11) is -3.48. The maximum absolute atomic E-state index is 12.0. The molecule has 2 N–H and O–H groups in total. The minimum absolute atomic E-state index is 0.0983. The van der Waals surface area contributed by atoms with Crippen LogP contribution in [0.2, 0.25) is 0 Å². The number of aryl methyl sites for hydroxylation is 1. The van der Waals surface area contributed by atoms with E-state index in [-0.39, 0.29) is 17.5 Å². The van der Waals surface area contributed by atoms with E-state index in [2.05, 4.69) is 4.72 Å². The third kappa shape index (κ3) is 3.52. The normalized spacial score (nSPS) is 13.6. The molecule has 0 saturated heterocycles. The van der Waals surface area contributed by atoms with Gasteiger partial charge in [0.1, 0.15) is 0 Å². The zero-order valence-electron chi connectivity index (χ0n) is 10.4. The molecule has 0 radical (unpaired) electrons. The molecule has 0 heterocycles. The van der Waals surface area contributed by atoms with Crippen LogP contribution in [0.3, 0.4) is 0 Å². The van der Waals surface area contributed by atoms with Crippen molar-refractivity contribution in [3.63, 3.8) is 0 Å². The third-order valence-corrected chi connectivity index (χ3v) is 4.36. The second-order valence-corrected chi connectivity index (χ2v) is 5.89. The minimum Gasteiger partial charge on any atom is -0.392 e. The molecule has 0 amide bonds. The minimum atomic E-state index is -3.48. The summed E-state index contributed by atoms with van der Waals surface area (Å²) in [5, 5.41) is 9.12. The molecule has 1 rings (SSSR count). The van der Waals surface area contributed by atoms with E-state index in [1.807, 2.05) is 20.8 Å². The first-order valence-corrected chi connectivity index (χ1v) is 7.11. The fraction of sp³-hybridized carbons (Fsp3) is 0.500. The van der Waals surface area contributed by atoms with E-state index >= 15 is 0 Å². The van der Waals surface area contributed by atoms with E-state index in [9.17, 15) is 8.42 Å². The second-order valence-electron chi connectivity index (χ2n) is 4.18. The van der Waals surface area contributed by atoms with Crippen LogP contribution in [0.4, 0.5) is 0 Å². The van der Waals surface area contributed by atoms with Gasteiger partial charge in [0.05, 0.1) is 11.5 Å². The Morgan fingerprint density at radius 2 is 2.06 bits per heavy atom. The molecular weight excluding hydrogens is 238 g/mol. The summed E-state index contributed by atoms with van der Waals surface area (Å²) in [4.78, 5) is 0.201. The van der Waals surface area contributed by atoms with E-state index in [1.165, 1.54) is 6.07 Å². The maximum Gasteiger partial charge on any atom is 0.240 e. The number of sulfonamides is 1. The molecule has 96 valence electrons. The molecular formula is C12H19NO3S. The van der Waals surface area contributed by atoms with Crippen molar-refractivity contribution in [2.24, 2.45) is 0 Å². The summed E-state index contributed by atoms with van der Waals surface area (Å²) in [6, 6.07) is 4.68. The Hall–Kier alpha value is -0.910. The second kappa shape index (κ2) is 5.62. The van der Waals surface area contributed by atoms with Crippen molar-refractivity contribution < 1.29 is 13.5 Å². The van der Waals surface area contributed by atoms with Gasteiger partial charge >= 0.3 is 0 Å². The number of rotatable bonds is 5. The fourth-order valence-electron chi connectivity index (χ4n) is 1.40. The zero-order valence-corrected chi connectivity index (χ0v) is 11.2. The van der Waals surface area contributed by atoms with Crippen LogP contribution in [0, 0.1) is 6.92 Å². The van der Waals surface area contributed by atoms with Crippen LogP contribution < -0.4 is 4.72 Å². The van der Waals surface area contributed by atoms with Crippen molar-refractivity contribution in [1.29, 1.82) is 0 Å². The molecule has 0 saturated carbocycles. The van der Waals surface area contributed by atoms with Gasteiger partial charge in [-0.15, -0.1) is 0 Å². The first-order chi connectivity index (χ1) is 7.90. The van der Waals surface area contributed by atoms with Crippen LogP contribution in [0.15, 0.2) is 23.1 Å². The third-order valence-electron chi connectivity index (χ3n) is 2.77. The highest BCUT2D eigenvalue weighted by Crippen LogP contribution is 2.16. The number of hydrogen-bond donors (Lipinski definition) is 2. The maximum atomic E-state index is 12.0. The molecule has 0 spiro atoms. The Labute approximate surface area is 103 Å². The Balaban J connectivity index is 3.07. The molecule has 0 aliphatic rings. The average molecular weight is 257 g/mol. The first-order valence-electron chi connectivity index (χ1n) is 5.63. The molecule has 0 fully saturated rings. The monoisotopic (exact) mass is 257 g/mol. The van der Waals surface area contributed by atoms with Crippen LogP contribution >= 0.6 is 0 Å². The lowest BCUT2D eigenvalue weighted by molar-refractivity contribution is 0.280. The smallest absolute Gasteiger partial charge is 0.240 e. The van der Waals surface area contributed by atoms with Crippen LogP contribution in [0.1, 0.15) is 31.4 Å². The standard InChI is InChI=1S/C12H19NO3S/c1-4-10(3)13-17(15,16)12-6-5-9(2)11(7-12)8-14/h5-7,10,13-14H,4,8H2,1-3H3. The van der Waals surface area contributed by atoms with Gasteiger partial charge in [0.25, 0.3) is 0 Å². The van der Waals surface area contributed by atoms with Gasteiger partial charge in [-0.25, -0.2) is 13.1 Å². The predicted molar refractivity (Wildman–Crippen MR) is 67.2 cm³/mol. The van der Waals surface area contributed by atoms with Crippen LogP contribution in [-0.4, -0.2) is 19.6 Å². The average Bonchev–Trinajstić information content (AvgIpc) is 2.28. The molecule has 1 unspecified atom stereocenters. The Morgan fingerprint density at radius 1 is 1.41 bits per heavy atom. The highest BCUT2D eigenvalue weighted by atomic mass is 32.2. The van der Waals surface area contributed by atoms with Crippen LogP contribution in [0.25, 0.3) is 0 Å². The van der Waals surface area contributed by atoms with E-state index in [0.717, 1.165) is 12.0 Å². The number of nitrogens with one attached hydrogen (secondary N) is 1. The zero-order chi connectivity index (χ0) is 13.1. The van der Waals surface area contributed by atoms with Crippen molar-refractivity contribution in [3.8, 4) is 0 Å². The summed E-state index contributed by atoms with van der Waals surface area (Å²) >= 11 is 0. The van der Waals surface area contributed by atoms with Gasteiger partial charge < -0.3 is 5.11 Å². The Kier molecular flexibility index (Phi) is 4.68. The molecule has 1 aromatic rings. The lowest BCUT2D eigenvalue weighted by Crippen LogP contribution is -2.32.